The second-order valence-electron chi connectivity index (χ2n) is 7.31. The van der Waals surface area contributed by atoms with E-state index in [-0.39, 0.29) is 19.0 Å². The predicted octanol–water partition coefficient (Wildman–Crippen LogP) is 4.46. The minimum absolute atomic E-state index is 0.0343. The number of H-pyrrole nitrogens is 1. The fourth-order valence-corrected chi connectivity index (χ4v) is 5.45. The minimum atomic E-state index is -4.73. The van der Waals surface area contributed by atoms with Gasteiger partial charge in [0.2, 0.25) is 10.0 Å². The largest absolute Gasteiger partial charge is 0.417 e. The molecule has 2 aromatic carbocycles. The highest BCUT2D eigenvalue weighted by molar-refractivity contribution is 7.89. The van der Waals surface area contributed by atoms with Crippen LogP contribution < -0.4 is 0 Å². The average molecular weight is 423 g/mol. The van der Waals surface area contributed by atoms with Crippen LogP contribution in [0.1, 0.15) is 35.7 Å². The molecule has 0 unspecified atom stereocenters. The van der Waals surface area contributed by atoms with E-state index < -0.39 is 26.7 Å². The van der Waals surface area contributed by atoms with E-state index in [1.54, 1.807) is 0 Å². The number of piperidine rings is 1. The molecule has 1 N–H and O–H groups in total. The third-order valence-corrected chi connectivity index (χ3v) is 7.26. The van der Waals surface area contributed by atoms with Gasteiger partial charge in [-0.1, -0.05) is 18.2 Å². The third-order valence-electron chi connectivity index (χ3n) is 5.31. The number of aryl methyl sites for hydroxylation is 1. The second-order valence-corrected chi connectivity index (χ2v) is 9.22. The van der Waals surface area contributed by atoms with Crippen LogP contribution in [0.3, 0.4) is 0 Å². The lowest BCUT2D eigenvalue weighted by molar-refractivity contribution is -0.139. The molecule has 154 valence electrons. The number of hydrogen-bond donors (Lipinski definition) is 1. The van der Waals surface area contributed by atoms with Crippen LogP contribution in [-0.4, -0.2) is 35.8 Å². The van der Waals surface area contributed by atoms with Gasteiger partial charge in [-0.25, -0.2) is 13.4 Å². The molecule has 0 spiro atoms. The number of fused-ring (bicyclic) bond motifs is 1. The summed E-state index contributed by atoms with van der Waals surface area (Å²) in [5, 5.41) is 0. The highest BCUT2D eigenvalue weighted by Crippen LogP contribution is 2.37. The summed E-state index contributed by atoms with van der Waals surface area (Å²) in [5.74, 6) is 0.824. The number of sulfonamides is 1. The highest BCUT2D eigenvalue weighted by Gasteiger charge is 2.39. The predicted molar refractivity (Wildman–Crippen MR) is 103 cm³/mol. The fourth-order valence-electron chi connectivity index (χ4n) is 3.77. The molecule has 1 fully saturated rings. The number of hydrogen-bond acceptors (Lipinski definition) is 3. The number of imidazole rings is 1. The van der Waals surface area contributed by atoms with Crippen LogP contribution in [0.2, 0.25) is 0 Å². The zero-order valence-corrected chi connectivity index (χ0v) is 16.5. The molecule has 1 aromatic heterocycles. The summed E-state index contributed by atoms with van der Waals surface area (Å²) in [6.07, 6.45) is -3.74. The van der Waals surface area contributed by atoms with Crippen LogP contribution in [0.4, 0.5) is 13.2 Å². The zero-order valence-electron chi connectivity index (χ0n) is 15.7. The molecule has 9 heteroatoms. The molecule has 1 aliphatic heterocycles. The van der Waals surface area contributed by atoms with Crippen LogP contribution >= 0.6 is 0 Å². The Morgan fingerprint density at radius 3 is 2.48 bits per heavy atom. The van der Waals surface area contributed by atoms with Gasteiger partial charge in [-0.2, -0.15) is 17.5 Å². The van der Waals surface area contributed by atoms with Crippen molar-refractivity contribution in [3.63, 3.8) is 0 Å². The van der Waals surface area contributed by atoms with Gasteiger partial charge in [-0.15, -0.1) is 0 Å². The van der Waals surface area contributed by atoms with Crippen LogP contribution in [0.15, 0.2) is 47.4 Å². The summed E-state index contributed by atoms with van der Waals surface area (Å²) in [7, 11) is -4.23. The molecule has 1 aliphatic rings. The Kier molecular flexibility index (Phi) is 4.90. The number of halogens is 3. The van der Waals surface area contributed by atoms with Crippen molar-refractivity contribution in [2.75, 3.05) is 13.1 Å². The number of aromatic amines is 1. The summed E-state index contributed by atoms with van der Waals surface area (Å²) in [4.78, 5) is 7.20. The van der Waals surface area contributed by atoms with E-state index in [4.69, 9.17) is 0 Å². The zero-order chi connectivity index (χ0) is 20.8. The lowest BCUT2D eigenvalue weighted by atomic mass is 9.97. The Balaban J connectivity index is 1.55. The van der Waals surface area contributed by atoms with E-state index in [0.717, 1.165) is 38.9 Å². The number of nitrogens with one attached hydrogen (secondary N) is 1. The van der Waals surface area contributed by atoms with Crippen LogP contribution in [0, 0.1) is 6.92 Å². The molecule has 0 bridgehead atoms. The normalized spacial score (nSPS) is 17.1. The first-order valence-electron chi connectivity index (χ1n) is 9.29. The molecule has 0 atom stereocenters. The average Bonchev–Trinajstić information content (AvgIpc) is 3.10. The molecular formula is C20H20F3N3O2S. The van der Waals surface area contributed by atoms with Gasteiger partial charge in [-0.05, 0) is 49.6 Å². The number of aromatic nitrogens is 2. The summed E-state index contributed by atoms with van der Waals surface area (Å²) >= 11 is 0. The van der Waals surface area contributed by atoms with Crippen molar-refractivity contribution >= 4 is 21.1 Å². The molecule has 1 saturated heterocycles. The molecule has 5 nitrogen and oxygen atoms in total. The maximum atomic E-state index is 13.3. The first-order valence-corrected chi connectivity index (χ1v) is 10.7. The van der Waals surface area contributed by atoms with Crippen LogP contribution in [0.5, 0.6) is 0 Å². The first kappa shape index (κ1) is 19.9. The molecule has 3 aromatic rings. The van der Waals surface area contributed by atoms with Gasteiger partial charge in [0.05, 0.1) is 21.5 Å². The smallest absolute Gasteiger partial charge is 0.342 e. The van der Waals surface area contributed by atoms with E-state index in [9.17, 15) is 21.6 Å². The van der Waals surface area contributed by atoms with Crippen molar-refractivity contribution in [2.45, 2.75) is 36.8 Å². The Bertz CT molecular complexity index is 1150. The van der Waals surface area contributed by atoms with E-state index in [0.29, 0.717) is 12.8 Å². The monoisotopic (exact) mass is 423 g/mol. The lowest BCUT2D eigenvalue weighted by Crippen LogP contribution is -2.38. The minimum Gasteiger partial charge on any atom is -0.342 e. The molecule has 0 saturated carbocycles. The Labute approximate surface area is 166 Å². The van der Waals surface area contributed by atoms with Gasteiger partial charge < -0.3 is 4.98 Å². The Morgan fingerprint density at radius 2 is 1.79 bits per heavy atom. The van der Waals surface area contributed by atoms with E-state index >= 15 is 0 Å². The van der Waals surface area contributed by atoms with E-state index in [1.165, 1.54) is 12.1 Å². The van der Waals surface area contributed by atoms with Crippen molar-refractivity contribution < 1.29 is 21.6 Å². The maximum absolute atomic E-state index is 13.3. The summed E-state index contributed by atoms with van der Waals surface area (Å²) in [5.41, 5.74) is 1.75. The van der Waals surface area contributed by atoms with E-state index in [1.807, 2.05) is 25.1 Å². The van der Waals surface area contributed by atoms with Gasteiger partial charge in [-0.3, -0.25) is 0 Å². The number of nitrogens with zero attached hydrogens (tertiary/aromatic N) is 2. The topological polar surface area (TPSA) is 66.1 Å². The standard InChI is InChI=1S/C20H20F3N3O2S/c1-13-6-7-16-17(12-13)25-19(24-16)14-8-10-26(11-9-14)29(27,28)18-5-3-2-4-15(18)20(21,22)23/h2-7,12,14H,8-11H2,1H3,(H,24,25). The van der Waals surface area contributed by atoms with Crippen LogP contribution in [0.25, 0.3) is 11.0 Å². The van der Waals surface area contributed by atoms with Gasteiger partial charge >= 0.3 is 6.18 Å². The van der Waals surface area contributed by atoms with Crippen molar-refractivity contribution in [1.29, 1.82) is 0 Å². The highest BCUT2D eigenvalue weighted by atomic mass is 32.2. The first-order chi connectivity index (χ1) is 13.7. The molecule has 0 radical (unpaired) electrons. The molecule has 29 heavy (non-hydrogen) atoms. The molecule has 4 rings (SSSR count). The molecule has 0 amide bonds. The Hall–Kier alpha value is -2.39. The van der Waals surface area contributed by atoms with Gasteiger partial charge in [0.1, 0.15) is 5.82 Å². The van der Waals surface area contributed by atoms with Crippen molar-refractivity contribution in [1.82, 2.24) is 14.3 Å². The Morgan fingerprint density at radius 1 is 1.10 bits per heavy atom. The van der Waals surface area contributed by atoms with Crippen molar-refractivity contribution in [2.24, 2.45) is 0 Å². The number of rotatable bonds is 3. The summed E-state index contributed by atoms with van der Waals surface area (Å²) in [6.45, 7) is 2.28. The molecule has 0 aliphatic carbocycles. The van der Waals surface area contributed by atoms with Gasteiger partial charge in [0, 0.05) is 19.0 Å². The summed E-state index contributed by atoms with van der Waals surface area (Å²) in [6, 6.07) is 10.2. The second kappa shape index (κ2) is 7.14. The number of benzene rings is 2. The quantitative estimate of drug-likeness (QED) is 0.677. The summed E-state index contributed by atoms with van der Waals surface area (Å²) < 4.78 is 66.7. The fraction of sp³-hybridized carbons (Fsp3) is 0.350. The molecular weight excluding hydrogens is 403 g/mol. The third kappa shape index (κ3) is 3.76. The maximum Gasteiger partial charge on any atom is 0.417 e. The van der Waals surface area contributed by atoms with Crippen molar-refractivity contribution in [3.05, 3.63) is 59.4 Å². The van der Waals surface area contributed by atoms with Crippen molar-refractivity contribution in [3.8, 4) is 0 Å². The lowest BCUT2D eigenvalue weighted by Gasteiger charge is -2.31. The van der Waals surface area contributed by atoms with Gasteiger partial charge in [0.25, 0.3) is 0 Å². The molecule has 2 heterocycles. The van der Waals surface area contributed by atoms with E-state index in [2.05, 4.69) is 9.97 Å². The van der Waals surface area contributed by atoms with Crippen LogP contribution in [-0.2, 0) is 16.2 Å². The SMILES string of the molecule is Cc1ccc2nc(C3CCN(S(=O)(=O)c4ccccc4C(F)(F)F)CC3)[nH]c2c1. The van der Waals surface area contributed by atoms with Gasteiger partial charge in [0.15, 0.2) is 0 Å². The number of alkyl halides is 3.